The molecule has 5 heteroatoms. The van der Waals surface area contributed by atoms with Gasteiger partial charge in [0.25, 0.3) is 0 Å². The van der Waals surface area contributed by atoms with E-state index in [1.165, 1.54) is 5.56 Å². The Bertz CT molecular complexity index is 1050. The normalized spacial score (nSPS) is 11.0. The Hall–Kier alpha value is -2.85. The van der Waals surface area contributed by atoms with Crippen LogP contribution in [0.1, 0.15) is 11.1 Å². The minimum absolute atomic E-state index is 0.653. The molecule has 2 aromatic carbocycles. The second-order valence-corrected chi connectivity index (χ2v) is 6.41. The first-order valence-corrected chi connectivity index (χ1v) is 8.43. The number of rotatable bonds is 3. The zero-order valence-electron chi connectivity index (χ0n) is 14.0. The topological polar surface area (TPSA) is 42.2 Å². The van der Waals surface area contributed by atoms with Gasteiger partial charge in [0.2, 0.25) is 5.78 Å². The lowest BCUT2D eigenvalue weighted by molar-refractivity contribution is 1.11. The van der Waals surface area contributed by atoms with Gasteiger partial charge in [-0.05, 0) is 37.6 Å². The third-order valence-corrected chi connectivity index (χ3v) is 4.66. The third-order valence-electron chi connectivity index (χ3n) is 4.25. The van der Waals surface area contributed by atoms with Crippen LogP contribution in [0.25, 0.3) is 17.0 Å². The highest BCUT2D eigenvalue weighted by Gasteiger charge is 2.16. The lowest BCUT2D eigenvalue weighted by atomic mass is 10.1. The molecule has 4 nitrogen and oxygen atoms in total. The smallest absolute Gasteiger partial charge is 0.235 e. The standard InChI is InChI=1S/C20H17ClN4/c1-13-7-9-15(10-8-13)18-19(25-12-4-11-22-20(25)24-18)23-17-6-3-5-16(21)14(17)2/h3-12,23H,1-2H3. The first-order valence-electron chi connectivity index (χ1n) is 8.06. The van der Waals surface area contributed by atoms with E-state index >= 15 is 0 Å². The van der Waals surface area contributed by atoms with E-state index in [-0.39, 0.29) is 0 Å². The van der Waals surface area contributed by atoms with Crippen molar-refractivity contribution in [3.8, 4) is 11.3 Å². The maximum atomic E-state index is 6.27. The van der Waals surface area contributed by atoms with Crippen LogP contribution in [-0.2, 0) is 0 Å². The average Bonchev–Trinajstić information content (AvgIpc) is 2.98. The second-order valence-electron chi connectivity index (χ2n) is 6.00. The first kappa shape index (κ1) is 15.7. The number of benzene rings is 2. The number of nitrogens with zero attached hydrogens (tertiary/aromatic N) is 3. The highest BCUT2D eigenvalue weighted by Crippen LogP contribution is 2.33. The van der Waals surface area contributed by atoms with Crippen molar-refractivity contribution in [1.29, 1.82) is 0 Å². The van der Waals surface area contributed by atoms with E-state index in [9.17, 15) is 0 Å². The van der Waals surface area contributed by atoms with Gasteiger partial charge in [-0.15, -0.1) is 0 Å². The van der Waals surface area contributed by atoms with Crippen molar-refractivity contribution in [3.05, 3.63) is 77.1 Å². The van der Waals surface area contributed by atoms with Gasteiger partial charge >= 0.3 is 0 Å². The van der Waals surface area contributed by atoms with Gasteiger partial charge in [0.05, 0.1) is 0 Å². The molecule has 0 fully saturated rings. The van der Waals surface area contributed by atoms with Crippen molar-refractivity contribution in [2.75, 3.05) is 5.32 Å². The van der Waals surface area contributed by atoms with E-state index in [1.54, 1.807) is 6.20 Å². The maximum absolute atomic E-state index is 6.27. The Morgan fingerprint density at radius 1 is 1.00 bits per heavy atom. The summed E-state index contributed by atoms with van der Waals surface area (Å²) in [7, 11) is 0. The Morgan fingerprint density at radius 3 is 2.60 bits per heavy atom. The lowest BCUT2D eigenvalue weighted by Crippen LogP contribution is -1.99. The molecule has 0 saturated carbocycles. The summed E-state index contributed by atoms with van der Waals surface area (Å²) in [5.41, 5.74) is 5.06. The number of nitrogens with one attached hydrogen (secondary N) is 1. The first-order chi connectivity index (χ1) is 12.1. The fraction of sp³-hybridized carbons (Fsp3) is 0.100. The summed E-state index contributed by atoms with van der Waals surface area (Å²) in [6.07, 6.45) is 3.70. The van der Waals surface area contributed by atoms with Crippen LogP contribution >= 0.6 is 11.6 Å². The predicted molar refractivity (Wildman–Crippen MR) is 103 cm³/mol. The van der Waals surface area contributed by atoms with Gasteiger partial charge in [-0.3, -0.25) is 4.40 Å². The summed E-state index contributed by atoms with van der Waals surface area (Å²) < 4.78 is 1.95. The minimum Gasteiger partial charge on any atom is -0.339 e. The largest absolute Gasteiger partial charge is 0.339 e. The number of imidazole rings is 1. The number of halogens is 1. The van der Waals surface area contributed by atoms with Gasteiger partial charge < -0.3 is 5.32 Å². The van der Waals surface area contributed by atoms with Gasteiger partial charge in [0.1, 0.15) is 11.5 Å². The molecule has 2 heterocycles. The van der Waals surface area contributed by atoms with Crippen molar-refractivity contribution in [2.45, 2.75) is 13.8 Å². The van der Waals surface area contributed by atoms with Crippen LogP contribution in [0.5, 0.6) is 0 Å². The SMILES string of the molecule is Cc1ccc(-c2nc3ncccn3c2Nc2cccc(Cl)c2C)cc1. The molecular weight excluding hydrogens is 332 g/mol. The van der Waals surface area contributed by atoms with E-state index in [1.807, 2.05) is 41.8 Å². The Morgan fingerprint density at radius 2 is 1.80 bits per heavy atom. The molecule has 0 bridgehead atoms. The summed E-state index contributed by atoms with van der Waals surface area (Å²) >= 11 is 6.27. The van der Waals surface area contributed by atoms with Crippen LogP contribution in [0.3, 0.4) is 0 Å². The van der Waals surface area contributed by atoms with E-state index < -0.39 is 0 Å². The van der Waals surface area contributed by atoms with Gasteiger partial charge in [-0.2, -0.15) is 0 Å². The fourth-order valence-electron chi connectivity index (χ4n) is 2.79. The van der Waals surface area contributed by atoms with Crippen LogP contribution in [0.4, 0.5) is 11.5 Å². The Kier molecular flexibility index (Phi) is 3.90. The van der Waals surface area contributed by atoms with Crippen LogP contribution in [0, 0.1) is 13.8 Å². The minimum atomic E-state index is 0.653. The van der Waals surface area contributed by atoms with Crippen LogP contribution < -0.4 is 5.32 Å². The molecule has 0 radical (unpaired) electrons. The van der Waals surface area contributed by atoms with Crippen molar-refractivity contribution >= 4 is 28.9 Å². The summed E-state index contributed by atoms with van der Waals surface area (Å²) in [6, 6.07) is 16.0. The molecule has 4 rings (SSSR count). The Labute approximate surface area is 151 Å². The maximum Gasteiger partial charge on any atom is 0.235 e. The molecule has 124 valence electrons. The molecule has 1 N–H and O–H groups in total. The number of hydrogen-bond acceptors (Lipinski definition) is 3. The molecule has 0 aliphatic heterocycles. The highest BCUT2D eigenvalue weighted by atomic mass is 35.5. The zero-order chi connectivity index (χ0) is 17.4. The van der Waals surface area contributed by atoms with E-state index in [0.29, 0.717) is 5.78 Å². The molecule has 0 amide bonds. The quantitative estimate of drug-likeness (QED) is 0.538. The molecule has 0 unspecified atom stereocenters. The van der Waals surface area contributed by atoms with Crippen molar-refractivity contribution in [3.63, 3.8) is 0 Å². The van der Waals surface area contributed by atoms with Crippen LogP contribution in [0.2, 0.25) is 5.02 Å². The molecule has 0 aliphatic carbocycles. The predicted octanol–water partition coefficient (Wildman–Crippen LogP) is 5.41. The molecule has 0 aliphatic rings. The highest BCUT2D eigenvalue weighted by molar-refractivity contribution is 6.31. The summed E-state index contributed by atoms with van der Waals surface area (Å²) in [5.74, 6) is 1.53. The molecule has 0 spiro atoms. The van der Waals surface area contributed by atoms with Crippen LogP contribution in [0.15, 0.2) is 60.9 Å². The second kappa shape index (κ2) is 6.22. The number of hydrogen-bond donors (Lipinski definition) is 1. The monoisotopic (exact) mass is 348 g/mol. The summed E-state index contributed by atoms with van der Waals surface area (Å²) in [5, 5.41) is 4.22. The van der Waals surface area contributed by atoms with Crippen molar-refractivity contribution in [1.82, 2.24) is 14.4 Å². The van der Waals surface area contributed by atoms with Gasteiger partial charge in [-0.25, -0.2) is 9.97 Å². The number of aromatic nitrogens is 3. The molecule has 2 aromatic heterocycles. The number of fused-ring (bicyclic) bond motifs is 1. The third kappa shape index (κ3) is 2.85. The molecular formula is C20H17ClN4. The zero-order valence-corrected chi connectivity index (χ0v) is 14.7. The van der Waals surface area contributed by atoms with Gasteiger partial charge in [0.15, 0.2) is 0 Å². The van der Waals surface area contributed by atoms with Gasteiger partial charge in [-0.1, -0.05) is 47.5 Å². The van der Waals surface area contributed by atoms with E-state index in [4.69, 9.17) is 16.6 Å². The van der Waals surface area contributed by atoms with E-state index in [2.05, 4.69) is 41.5 Å². The number of anilines is 2. The summed E-state index contributed by atoms with van der Waals surface area (Å²) in [6.45, 7) is 4.07. The lowest BCUT2D eigenvalue weighted by Gasteiger charge is -2.12. The Balaban J connectivity index is 1.90. The fourth-order valence-corrected chi connectivity index (χ4v) is 2.96. The van der Waals surface area contributed by atoms with Crippen molar-refractivity contribution in [2.24, 2.45) is 0 Å². The van der Waals surface area contributed by atoms with Crippen LogP contribution in [-0.4, -0.2) is 14.4 Å². The molecule has 0 saturated heterocycles. The van der Waals surface area contributed by atoms with Gasteiger partial charge in [0, 0.05) is 28.7 Å². The van der Waals surface area contributed by atoms with Crippen molar-refractivity contribution < 1.29 is 0 Å². The number of aryl methyl sites for hydroxylation is 1. The van der Waals surface area contributed by atoms with E-state index in [0.717, 1.165) is 33.3 Å². The average molecular weight is 349 g/mol. The summed E-state index contributed by atoms with van der Waals surface area (Å²) in [4.78, 5) is 9.09. The molecule has 0 atom stereocenters. The molecule has 4 aromatic rings. The molecule has 25 heavy (non-hydrogen) atoms.